The SMILES string of the molecule is COP(=O)(CC(c1cccc(O)c1)C1CC1)OC. The molecule has 1 unspecified atom stereocenters. The molecule has 2 rings (SSSR count). The van der Waals surface area contributed by atoms with E-state index < -0.39 is 7.60 Å². The number of benzene rings is 1. The van der Waals surface area contributed by atoms with Gasteiger partial charge in [0.1, 0.15) is 5.75 Å². The van der Waals surface area contributed by atoms with Crippen LogP contribution >= 0.6 is 7.60 Å². The maximum Gasteiger partial charge on any atom is 0.330 e. The number of aromatic hydroxyl groups is 1. The minimum absolute atomic E-state index is 0.128. The van der Waals surface area contributed by atoms with Crippen LogP contribution in [0.15, 0.2) is 24.3 Å². The minimum atomic E-state index is -3.01. The lowest BCUT2D eigenvalue weighted by molar-refractivity contribution is 0.272. The summed E-state index contributed by atoms with van der Waals surface area (Å²) >= 11 is 0. The molecular weight excluding hydrogens is 251 g/mol. The van der Waals surface area contributed by atoms with Gasteiger partial charge in [-0.05, 0) is 42.4 Å². The van der Waals surface area contributed by atoms with Gasteiger partial charge in [0.05, 0.1) is 6.16 Å². The van der Waals surface area contributed by atoms with Crippen molar-refractivity contribution in [1.29, 1.82) is 0 Å². The minimum Gasteiger partial charge on any atom is -0.508 e. The molecule has 1 N–H and O–H groups in total. The summed E-state index contributed by atoms with van der Waals surface area (Å²) in [4.78, 5) is 0. The quantitative estimate of drug-likeness (QED) is 0.805. The predicted molar refractivity (Wildman–Crippen MR) is 70.1 cm³/mol. The van der Waals surface area contributed by atoms with Crippen LogP contribution in [0.4, 0.5) is 0 Å². The van der Waals surface area contributed by atoms with Gasteiger partial charge in [-0.25, -0.2) is 0 Å². The molecule has 1 saturated carbocycles. The second-order valence-electron chi connectivity index (χ2n) is 4.70. The van der Waals surface area contributed by atoms with Gasteiger partial charge in [0.2, 0.25) is 0 Å². The summed E-state index contributed by atoms with van der Waals surface area (Å²) in [5, 5.41) is 9.55. The molecule has 4 nitrogen and oxygen atoms in total. The van der Waals surface area contributed by atoms with Crippen LogP contribution < -0.4 is 0 Å². The Hall–Kier alpha value is -0.830. The highest BCUT2D eigenvalue weighted by Crippen LogP contribution is 2.55. The summed E-state index contributed by atoms with van der Waals surface area (Å²) in [6.07, 6.45) is 2.63. The third-order valence-electron chi connectivity index (χ3n) is 3.47. The molecule has 1 aromatic rings. The van der Waals surface area contributed by atoms with E-state index in [4.69, 9.17) is 9.05 Å². The fraction of sp³-hybridized carbons (Fsp3) is 0.538. The molecule has 0 aromatic heterocycles. The van der Waals surface area contributed by atoms with Gasteiger partial charge in [-0.3, -0.25) is 4.57 Å². The van der Waals surface area contributed by atoms with Gasteiger partial charge in [0, 0.05) is 14.2 Å². The first-order chi connectivity index (χ1) is 8.58. The molecule has 1 fully saturated rings. The molecule has 5 heteroatoms. The molecule has 0 spiro atoms. The fourth-order valence-electron chi connectivity index (χ4n) is 2.25. The average Bonchev–Trinajstić information content (AvgIpc) is 3.20. The van der Waals surface area contributed by atoms with E-state index in [1.54, 1.807) is 12.1 Å². The van der Waals surface area contributed by atoms with Gasteiger partial charge in [-0.1, -0.05) is 12.1 Å². The summed E-state index contributed by atoms with van der Waals surface area (Å²) in [6.45, 7) is 0. The molecule has 1 aromatic carbocycles. The lowest BCUT2D eigenvalue weighted by atomic mass is 9.96. The average molecular weight is 270 g/mol. The van der Waals surface area contributed by atoms with Crippen molar-refractivity contribution in [2.75, 3.05) is 20.4 Å². The van der Waals surface area contributed by atoms with Crippen LogP contribution in [0.2, 0.25) is 0 Å². The first kappa shape index (κ1) is 13.6. The highest BCUT2D eigenvalue weighted by Gasteiger charge is 2.38. The number of phenolic OH excluding ortho intramolecular Hbond substituents is 1. The third-order valence-corrected chi connectivity index (χ3v) is 5.42. The molecule has 0 radical (unpaired) electrons. The molecule has 0 saturated heterocycles. The van der Waals surface area contributed by atoms with Crippen LogP contribution in [-0.2, 0) is 13.6 Å². The molecule has 0 aliphatic heterocycles. The van der Waals surface area contributed by atoms with Gasteiger partial charge in [0.15, 0.2) is 0 Å². The Kier molecular flexibility index (Phi) is 4.10. The Balaban J connectivity index is 2.21. The van der Waals surface area contributed by atoms with Crippen molar-refractivity contribution in [2.45, 2.75) is 18.8 Å². The van der Waals surface area contributed by atoms with Crippen molar-refractivity contribution < 1.29 is 18.7 Å². The zero-order chi connectivity index (χ0) is 13.2. The summed E-state index contributed by atoms with van der Waals surface area (Å²) in [5.41, 5.74) is 1.01. The molecule has 100 valence electrons. The van der Waals surface area contributed by atoms with E-state index in [-0.39, 0.29) is 11.7 Å². The van der Waals surface area contributed by atoms with E-state index in [1.165, 1.54) is 14.2 Å². The van der Waals surface area contributed by atoms with Crippen LogP contribution in [0, 0.1) is 5.92 Å². The molecule has 1 aliphatic carbocycles. The molecular formula is C13H19O4P. The summed E-state index contributed by atoms with van der Waals surface area (Å²) in [6, 6.07) is 7.14. The van der Waals surface area contributed by atoms with Crippen molar-refractivity contribution in [3.63, 3.8) is 0 Å². The molecule has 18 heavy (non-hydrogen) atoms. The van der Waals surface area contributed by atoms with Gasteiger partial charge in [-0.2, -0.15) is 0 Å². The summed E-state index contributed by atoms with van der Waals surface area (Å²) in [7, 11) is -0.187. The zero-order valence-corrected chi connectivity index (χ0v) is 11.6. The zero-order valence-electron chi connectivity index (χ0n) is 10.7. The summed E-state index contributed by atoms with van der Waals surface area (Å²) < 4.78 is 22.3. The topological polar surface area (TPSA) is 55.8 Å². The van der Waals surface area contributed by atoms with Crippen molar-refractivity contribution in [3.8, 4) is 5.75 Å². The van der Waals surface area contributed by atoms with E-state index in [1.807, 2.05) is 12.1 Å². The Bertz CT molecular complexity index is 448. The van der Waals surface area contributed by atoms with Crippen LogP contribution in [0.5, 0.6) is 5.75 Å². The van der Waals surface area contributed by atoms with Crippen molar-refractivity contribution in [1.82, 2.24) is 0 Å². The van der Waals surface area contributed by atoms with E-state index in [0.29, 0.717) is 12.1 Å². The monoisotopic (exact) mass is 270 g/mol. The van der Waals surface area contributed by atoms with Gasteiger partial charge in [-0.15, -0.1) is 0 Å². The highest BCUT2D eigenvalue weighted by atomic mass is 31.2. The third kappa shape index (κ3) is 3.14. The number of hydrogen-bond acceptors (Lipinski definition) is 4. The molecule has 1 atom stereocenters. The van der Waals surface area contributed by atoms with Crippen molar-refractivity contribution in [3.05, 3.63) is 29.8 Å². The normalized spacial score (nSPS) is 17.7. The molecule has 0 bridgehead atoms. The van der Waals surface area contributed by atoms with Crippen LogP contribution in [0.25, 0.3) is 0 Å². The van der Waals surface area contributed by atoms with Crippen LogP contribution in [-0.4, -0.2) is 25.5 Å². The lowest BCUT2D eigenvalue weighted by Gasteiger charge is -2.21. The van der Waals surface area contributed by atoms with Gasteiger partial charge < -0.3 is 14.2 Å². The Morgan fingerprint density at radius 2 is 2.06 bits per heavy atom. The Morgan fingerprint density at radius 3 is 2.56 bits per heavy atom. The Labute approximate surface area is 107 Å². The van der Waals surface area contributed by atoms with Gasteiger partial charge in [0.25, 0.3) is 0 Å². The number of phenols is 1. The fourth-order valence-corrected chi connectivity index (χ4v) is 3.68. The first-order valence-corrected chi connectivity index (χ1v) is 7.80. The predicted octanol–water partition coefficient (Wildman–Crippen LogP) is 3.37. The maximum absolute atomic E-state index is 12.2. The molecule has 1 aliphatic rings. The standard InChI is InChI=1S/C13H19O4P/c1-16-18(15,17-2)9-13(10-6-7-10)11-4-3-5-12(14)8-11/h3-5,8,10,13-14H,6-7,9H2,1-2H3. The van der Waals surface area contributed by atoms with E-state index >= 15 is 0 Å². The second kappa shape index (κ2) is 5.43. The molecule has 0 heterocycles. The van der Waals surface area contributed by atoms with E-state index in [2.05, 4.69) is 0 Å². The Morgan fingerprint density at radius 1 is 1.39 bits per heavy atom. The lowest BCUT2D eigenvalue weighted by Crippen LogP contribution is -2.09. The number of rotatable bonds is 6. The van der Waals surface area contributed by atoms with E-state index in [0.717, 1.165) is 18.4 Å². The largest absolute Gasteiger partial charge is 0.508 e. The maximum atomic E-state index is 12.2. The summed E-state index contributed by atoms with van der Waals surface area (Å²) in [5.74, 6) is 0.885. The van der Waals surface area contributed by atoms with E-state index in [9.17, 15) is 9.67 Å². The van der Waals surface area contributed by atoms with Crippen molar-refractivity contribution in [2.24, 2.45) is 5.92 Å². The second-order valence-corrected chi connectivity index (χ2v) is 7.01. The first-order valence-electron chi connectivity index (χ1n) is 6.07. The highest BCUT2D eigenvalue weighted by molar-refractivity contribution is 7.53. The van der Waals surface area contributed by atoms with Crippen LogP contribution in [0.1, 0.15) is 24.3 Å². The van der Waals surface area contributed by atoms with Crippen molar-refractivity contribution >= 4 is 7.60 Å². The smallest absolute Gasteiger partial charge is 0.330 e. The molecule has 0 amide bonds. The van der Waals surface area contributed by atoms with Gasteiger partial charge >= 0.3 is 7.60 Å². The van der Waals surface area contributed by atoms with Crippen LogP contribution in [0.3, 0.4) is 0 Å². The number of hydrogen-bond donors (Lipinski definition) is 1.